The number of nitriles is 1. The minimum atomic E-state index is -0.536. The molecule has 0 bridgehead atoms. The Morgan fingerprint density at radius 3 is 2.46 bits per heavy atom. The molecule has 4 rings (SSSR count). The van der Waals surface area contributed by atoms with Crippen LogP contribution in [0.15, 0.2) is 48.8 Å². The first-order valence-corrected chi connectivity index (χ1v) is 13.6. The maximum absolute atomic E-state index is 14.2. The van der Waals surface area contributed by atoms with Gasteiger partial charge in [-0.1, -0.05) is 58.2 Å². The minimum Gasteiger partial charge on any atom is -0.353 e. The fourth-order valence-corrected chi connectivity index (χ4v) is 5.53. The van der Waals surface area contributed by atoms with E-state index in [1.807, 2.05) is 24.3 Å². The molecule has 1 unspecified atom stereocenters. The molecular formula is C30H39N5O2. The van der Waals surface area contributed by atoms with Gasteiger partial charge in [0, 0.05) is 30.7 Å². The van der Waals surface area contributed by atoms with Crippen molar-refractivity contribution in [1.29, 1.82) is 5.26 Å². The molecule has 0 spiro atoms. The summed E-state index contributed by atoms with van der Waals surface area (Å²) in [7, 11) is 0. The van der Waals surface area contributed by atoms with Crippen LogP contribution in [-0.2, 0) is 15.0 Å². The van der Waals surface area contributed by atoms with Crippen molar-refractivity contribution in [2.75, 3.05) is 11.4 Å². The maximum atomic E-state index is 14.2. The molecule has 1 N–H and O–H groups in total. The quantitative estimate of drug-likeness (QED) is 0.524. The van der Waals surface area contributed by atoms with E-state index in [0.29, 0.717) is 13.0 Å². The van der Waals surface area contributed by atoms with E-state index in [1.54, 1.807) is 22.2 Å². The van der Waals surface area contributed by atoms with E-state index in [-0.39, 0.29) is 29.7 Å². The lowest BCUT2D eigenvalue weighted by Gasteiger charge is -2.35. The first kappa shape index (κ1) is 26.7. The van der Waals surface area contributed by atoms with Crippen LogP contribution in [0.3, 0.4) is 0 Å². The summed E-state index contributed by atoms with van der Waals surface area (Å²) in [5, 5.41) is 12.9. The highest BCUT2D eigenvalue weighted by molar-refractivity contribution is 5.99. The molecule has 2 atom stereocenters. The van der Waals surface area contributed by atoms with Gasteiger partial charge < -0.3 is 10.2 Å². The van der Waals surface area contributed by atoms with Crippen LogP contribution in [0.5, 0.6) is 0 Å². The molecule has 2 fully saturated rings. The van der Waals surface area contributed by atoms with Gasteiger partial charge in [-0.2, -0.15) is 5.26 Å². The Morgan fingerprint density at radius 1 is 1.11 bits per heavy atom. The van der Waals surface area contributed by atoms with Crippen molar-refractivity contribution < 1.29 is 9.59 Å². The Morgan fingerprint density at radius 2 is 1.84 bits per heavy atom. The second-order valence-electron chi connectivity index (χ2n) is 11.4. The molecule has 0 radical (unpaired) electrons. The molecule has 7 nitrogen and oxygen atoms in total. The van der Waals surface area contributed by atoms with Crippen LogP contribution in [-0.4, -0.2) is 40.3 Å². The first-order chi connectivity index (χ1) is 17.8. The van der Waals surface area contributed by atoms with Crippen LogP contribution in [0.25, 0.3) is 0 Å². The van der Waals surface area contributed by atoms with Gasteiger partial charge in [-0.3, -0.25) is 19.5 Å². The van der Waals surface area contributed by atoms with Gasteiger partial charge in [-0.15, -0.1) is 0 Å². The van der Waals surface area contributed by atoms with Gasteiger partial charge >= 0.3 is 0 Å². The Hall–Kier alpha value is -3.40. The Bertz CT molecular complexity index is 1100. The standard InChI is InChI=1S/C30H39N5O2/c1-30(2,3)23-13-15-25(16-14-23)35(29(37)26-12-8-18-34(26)21-31)27(22-9-7-17-32-20-22)19-28(36)33-24-10-5-4-6-11-24/h7,9,13-17,20,24,26-27H,4-6,8,10-12,18-19H2,1-3H3,(H,33,36)/t26-,27?/m1/s1. The molecule has 2 amide bonds. The highest BCUT2D eigenvalue weighted by atomic mass is 16.2. The van der Waals surface area contributed by atoms with Crippen LogP contribution in [0.4, 0.5) is 5.69 Å². The van der Waals surface area contributed by atoms with Gasteiger partial charge in [0.15, 0.2) is 6.19 Å². The molecule has 1 aromatic heterocycles. The van der Waals surface area contributed by atoms with E-state index in [1.165, 1.54) is 6.42 Å². The van der Waals surface area contributed by atoms with Gasteiger partial charge in [0.05, 0.1) is 12.5 Å². The molecule has 1 aromatic carbocycles. The predicted molar refractivity (Wildman–Crippen MR) is 145 cm³/mol. The first-order valence-electron chi connectivity index (χ1n) is 13.6. The zero-order valence-corrected chi connectivity index (χ0v) is 22.3. The number of nitrogens with one attached hydrogen (secondary N) is 1. The normalized spacial score (nSPS) is 19.2. The second-order valence-corrected chi connectivity index (χ2v) is 11.4. The third-order valence-electron chi connectivity index (χ3n) is 7.65. The number of likely N-dealkylation sites (tertiary alicyclic amines) is 1. The van der Waals surface area contributed by atoms with E-state index in [9.17, 15) is 14.9 Å². The average Bonchev–Trinajstić information content (AvgIpc) is 3.38. The summed E-state index contributed by atoms with van der Waals surface area (Å²) >= 11 is 0. The molecule has 1 saturated carbocycles. The zero-order valence-electron chi connectivity index (χ0n) is 22.3. The van der Waals surface area contributed by atoms with Gasteiger partial charge in [0.1, 0.15) is 6.04 Å². The number of pyridine rings is 1. The monoisotopic (exact) mass is 501 g/mol. The smallest absolute Gasteiger partial charge is 0.251 e. The number of carbonyl (C=O) groups excluding carboxylic acids is 2. The van der Waals surface area contributed by atoms with Crippen molar-refractivity contribution in [3.05, 3.63) is 59.9 Å². The SMILES string of the molecule is CC(C)(C)c1ccc(N(C(=O)[C@H]2CCCN2C#N)C(CC(=O)NC2CCCCC2)c2cccnc2)cc1. The fraction of sp³-hybridized carbons (Fsp3) is 0.533. The molecule has 2 aliphatic rings. The number of hydrogen-bond donors (Lipinski definition) is 1. The van der Waals surface area contributed by atoms with E-state index in [0.717, 1.165) is 48.9 Å². The summed E-state index contributed by atoms with van der Waals surface area (Å²) in [6.07, 6.45) is 12.7. The number of anilines is 1. The summed E-state index contributed by atoms with van der Waals surface area (Å²) in [5.41, 5.74) is 2.66. The number of nitrogens with zero attached hydrogens (tertiary/aromatic N) is 4. The van der Waals surface area contributed by atoms with E-state index in [2.05, 4.69) is 49.4 Å². The topological polar surface area (TPSA) is 89.3 Å². The highest BCUT2D eigenvalue weighted by Crippen LogP contribution is 2.34. The highest BCUT2D eigenvalue weighted by Gasteiger charge is 2.38. The van der Waals surface area contributed by atoms with Gasteiger partial charge in [0.25, 0.3) is 5.91 Å². The zero-order chi connectivity index (χ0) is 26.4. The molecule has 1 aliphatic carbocycles. The third-order valence-corrected chi connectivity index (χ3v) is 7.65. The van der Waals surface area contributed by atoms with E-state index in [4.69, 9.17) is 0 Å². The van der Waals surface area contributed by atoms with Crippen LogP contribution < -0.4 is 10.2 Å². The number of amides is 2. The molecular weight excluding hydrogens is 462 g/mol. The summed E-state index contributed by atoms with van der Waals surface area (Å²) < 4.78 is 0. The number of carbonyl (C=O) groups is 2. The molecule has 2 heterocycles. The summed E-state index contributed by atoms with van der Waals surface area (Å²) in [6.45, 7) is 7.04. The van der Waals surface area contributed by atoms with Gasteiger partial charge in [-0.25, -0.2) is 0 Å². The lowest BCUT2D eigenvalue weighted by Crippen LogP contribution is -2.47. The minimum absolute atomic E-state index is 0.0287. The van der Waals surface area contributed by atoms with Crippen molar-refractivity contribution in [2.24, 2.45) is 0 Å². The Balaban J connectivity index is 1.71. The molecule has 37 heavy (non-hydrogen) atoms. The Kier molecular flexibility index (Phi) is 8.48. The number of benzene rings is 1. The second kappa shape index (κ2) is 11.8. The van der Waals surface area contributed by atoms with Crippen molar-refractivity contribution in [3.63, 3.8) is 0 Å². The number of aromatic nitrogens is 1. The van der Waals surface area contributed by atoms with Crippen molar-refractivity contribution in [1.82, 2.24) is 15.2 Å². The molecule has 2 aromatic rings. The molecule has 1 aliphatic heterocycles. The van der Waals surface area contributed by atoms with Crippen molar-refractivity contribution >= 4 is 17.5 Å². The van der Waals surface area contributed by atoms with Crippen LogP contribution >= 0.6 is 0 Å². The van der Waals surface area contributed by atoms with Crippen LogP contribution in [0.1, 0.15) is 89.3 Å². The molecule has 1 saturated heterocycles. The van der Waals surface area contributed by atoms with Gasteiger partial charge in [0.2, 0.25) is 5.91 Å². The number of rotatable bonds is 7. The summed E-state index contributed by atoms with van der Waals surface area (Å²) in [4.78, 5) is 35.1. The van der Waals surface area contributed by atoms with Crippen molar-refractivity contribution in [2.45, 2.75) is 95.7 Å². The molecule has 196 valence electrons. The molecule has 7 heteroatoms. The lowest BCUT2D eigenvalue weighted by atomic mass is 9.87. The van der Waals surface area contributed by atoms with E-state index >= 15 is 0 Å². The fourth-order valence-electron chi connectivity index (χ4n) is 5.53. The number of hydrogen-bond acceptors (Lipinski definition) is 5. The third kappa shape index (κ3) is 6.49. The van der Waals surface area contributed by atoms with Crippen LogP contribution in [0, 0.1) is 11.5 Å². The largest absolute Gasteiger partial charge is 0.353 e. The van der Waals surface area contributed by atoms with Crippen molar-refractivity contribution in [3.8, 4) is 6.19 Å². The summed E-state index contributed by atoms with van der Waals surface area (Å²) in [6, 6.07) is 10.9. The van der Waals surface area contributed by atoms with E-state index < -0.39 is 12.1 Å². The summed E-state index contributed by atoms with van der Waals surface area (Å²) in [5.74, 6) is -0.213. The van der Waals surface area contributed by atoms with Gasteiger partial charge in [-0.05, 0) is 60.4 Å². The Labute approximate surface area is 220 Å². The maximum Gasteiger partial charge on any atom is 0.251 e. The lowest BCUT2D eigenvalue weighted by molar-refractivity contribution is -0.124. The van der Waals surface area contributed by atoms with Crippen LogP contribution in [0.2, 0.25) is 0 Å². The predicted octanol–water partition coefficient (Wildman–Crippen LogP) is 5.24. The average molecular weight is 502 g/mol.